The van der Waals surface area contributed by atoms with Crippen LogP contribution in [0.2, 0.25) is 0 Å². The molecule has 1 heterocycles. The Morgan fingerprint density at radius 3 is 2.65 bits per heavy atom. The summed E-state index contributed by atoms with van der Waals surface area (Å²) in [6.07, 6.45) is 0. The van der Waals surface area contributed by atoms with Crippen LogP contribution >= 0.6 is 23.1 Å². The zero-order valence-corrected chi connectivity index (χ0v) is 16.1. The summed E-state index contributed by atoms with van der Waals surface area (Å²) in [5, 5.41) is 7.70. The van der Waals surface area contributed by atoms with Crippen molar-refractivity contribution in [3.05, 3.63) is 65.2 Å². The molecule has 3 aromatic rings. The van der Waals surface area contributed by atoms with Crippen LogP contribution in [0.15, 0.2) is 63.1 Å². The van der Waals surface area contributed by atoms with E-state index in [0.29, 0.717) is 6.54 Å². The minimum atomic E-state index is -0.258. The first-order chi connectivity index (χ1) is 12.6. The number of aryl methyl sites for hydroxylation is 1. The molecule has 26 heavy (non-hydrogen) atoms. The Balaban J connectivity index is 1.52. The van der Waals surface area contributed by atoms with Gasteiger partial charge in [-0.2, -0.15) is 0 Å². The Labute approximate surface area is 160 Å². The number of thiazole rings is 1. The van der Waals surface area contributed by atoms with Crippen LogP contribution in [0.3, 0.4) is 0 Å². The molecule has 2 N–H and O–H groups in total. The lowest BCUT2D eigenvalue weighted by molar-refractivity contribution is 0.251. The molecule has 2 amide bonds. The van der Waals surface area contributed by atoms with E-state index in [1.807, 2.05) is 60.8 Å². The first kappa shape index (κ1) is 18.3. The number of hydrogen-bond donors (Lipinski definition) is 2. The number of benzene rings is 2. The number of carbonyl (C=O) groups is 1. The Morgan fingerprint density at radius 1 is 1.19 bits per heavy atom. The van der Waals surface area contributed by atoms with E-state index in [-0.39, 0.29) is 6.03 Å². The molecular formula is C19H19N3O2S2. The number of hydrogen-bond acceptors (Lipinski definition) is 5. The quantitative estimate of drug-likeness (QED) is 0.631. The normalized spacial score (nSPS) is 10.4. The van der Waals surface area contributed by atoms with Gasteiger partial charge in [0.1, 0.15) is 5.75 Å². The highest BCUT2D eigenvalue weighted by atomic mass is 32.2. The number of rotatable bonds is 6. The fourth-order valence-corrected chi connectivity index (χ4v) is 4.10. The average molecular weight is 386 g/mol. The van der Waals surface area contributed by atoms with Gasteiger partial charge in [0.25, 0.3) is 0 Å². The van der Waals surface area contributed by atoms with Crippen molar-refractivity contribution < 1.29 is 9.53 Å². The minimum absolute atomic E-state index is 0.258. The summed E-state index contributed by atoms with van der Waals surface area (Å²) in [6, 6.07) is 15.0. The van der Waals surface area contributed by atoms with Crippen molar-refractivity contribution in [3.63, 3.8) is 0 Å². The standard InChI is InChI=1S/C19H19N3O2S2/c1-13-12-25-19(21-13)26-16-9-7-15(8-10-16)22-18(23)20-11-14-5-3-4-6-17(14)24-2/h3-10,12H,11H2,1-2H3,(H2,20,22,23). The van der Waals surface area contributed by atoms with Gasteiger partial charge >= 0.3 is 6.03 Å². The van der Waals surface area contributed by atoms with Crippen LogP contribution in [0.4, 0.5) is 10.5 Å². The summed E-state index contributed by atoms with van der Waals surface area (Å²) < 4.78 is 6.29. The predicted molar refractivity (Wildman–Crippen MR) is 106 cm³/mol. The molecule has 0 aliphatic carbocycles. The summed E-state index contributed by atoms with van der Waals surface area (Å²) in [6.45, 7) is 2.38. The third-order valence-corrected chi connectivity index (χ3v) is 5.61. The number of amides is 2. The topological polar surface area (TPSA) is 63.2 Å². The summed E-state index contributed by atoms with van der Waals surface area (Å²) in [5.41, 5.74) is 2.69. The molecule has 0 radical (unpaired) electrons. The van der Waals surface area contributed by atoms with E-state index in [0.717, 1.165) is 31.9 Å². The molecule has 0 bridgehead atoms. The van der Waals surface area contributed by atoms with Crippen molar-refractivity contribution in [1.82, 2.24) is 10.3 Å². The van der Waals surface area contributed by atoms with Gasteiger partial charge in [0.2, 0.25) is 0 Å². The molecule has 7 heteroatoms. The number of ether oxygens (including phenoxy) is 1. The minimum Gasteiger partial charge on any atom is -0.496 e. The highest BCUT2D eigenvalue weighted by Crippen LogP contribution is 2.30. The van der Waals surface area contributed by atoms with E-state index in [1.165, 1.54) is 0 Å². The summed E-state index contributed by atoms with van der Waals surface area (Å²) >= 11 is 3.24. The summed E-state index contributed by atoms with van der Waals surface area (Å²) in [5.74, 6) is 0.756. The van der Waals surface area contributed by atoms with Gasteiger partial charge < -0.3 is 15.4 Å². The Bertz CT molecular complexity index is 879. The molecule has 0 spiro atoms. The third-order valence-electron chi connectivity index (χ3n) is 3.55. The van der Waals surface area contributed by atoms with Crippen LogP contribution in [-0.2, 0) is 6.54 Å². The lowest BCUT2D eigenvalue weighted by Gasteiger charge is -2.10. The SMILES string of the molecule is COc1ccccc1CNC(=O)Nc1ccc(Sc2nc(C)cs2)cc1. The van der Waals surface area contributed by atoms with E-state index in [9.17, 15) is 4.79 Å². The molecule has 0 aliphatic heterocycles. The number of nitrogens with zero attached hydrogens (tertiary/aromatic N) is 1. The maximum absolute atomic E-state index is 12.1. The number of nitrogens with one attached hydrogen (secondary N) is 2. The van der Waals surface area contributed by atoms with E-state index in [2.05, 4.69) is 15.6 Å². The molecule has 134 valence electrons. The van der Waals surface area contributed by atoms with Gasteiger partial charge in [-0.1, -0.05) is 30.0 Å². The van der Waals surface area contributed by atoms with Crippen LogP contribution in [0.5, 0.6) is 5.75 Å². The van der Waals surface area contributed by atoms with E-state index in [4.69, 9.17) is 4.74 Å². The average Bonchev–Trinajstić information content (AvgIpc) is 3.06. The van der Waals surface area contributed by atoms with Gasteiger partial charge in [-0.25, -0.2) is 9.78 Å². The van der Waals surface area contributed by atoms with Crippen molar-refractivity contribution in [3.8, 4) is 5.75 Å². The lowest BCUT2D eigenvalue weighted by atomic mass is 10.2. The first-order valence-electron chi connectivity index (χ1n) is 8.01. The van der Waals surface area contributed by atoms with Crippen LogP contribution in [0, 0.1) is 6.92 Å². The van der Waals surface area contributed by atoms with Crippen molar-refractivity contribution >= 4 is 34.8 Å². The number of para-hydroxylation sites is 1. The second kappa shape index (κ2) is 8.73. The van der Waals surface area contributed by atoms with Gasteiger partial charge in [0.15, 0.2) is 4.34 Å². The molecule has 0 fully saturated rings. The van der Waals surface area contributed by atoms with Gasteiger partial charge in [0, 0.05) is 33.8 Å². The molecule has 0 saturated carbocycles. The molecule has 0 aliphatic rings. The zero-order valence-electron chi connectivity index (χ0n) is 14.5. The monoisotopic (exact) mass is 385 g/mol. The van der Waals surface area contributed by atoms with Crippen molar-refractivity contribution in [1.29, 1.82) is 0 Å². The molecule has 1 aromatic heterocycles. The smallest absolute Gasteiger partial charge is 0.319 e. The van der Waals surface area contributed by atoms with Crippen LogP contribution in [0.1, 0.15) is 11.3 Å². The lowest BCUT2D eigenvalue weighted by Crippen LogP contribution is -2.28. The molecule has 5 nitrogen and oxygen atoms in total. The van der Waals surface area contributed by atoms with E-state index < -0.39 is 0 Å². The fourth-order valence-electron chi connectivity index (χ4n) is 2.29. The zero-order chi connectivity index (χ0) is 18.4. The molecular weight excluding hydrogens is 366 g/mol. The second-order valence-electron chi connectivity index (χ2n) is 5.50. The second-order valence-corrected chi connectivity index (χ2v) is 7.68. The largest absolute Gasteiger partial charge is 0.496 e. The van der Waals surface area contributed by atoms with Crippen LogP contribution in [-0.4, -0.2) is 18.1 Å². The number of urea groups is 1. The number of methoxy groups -OCH3 is 1. The van der Waals surface area contributed by atoms with Crippen molar-refractivity contribution in [2.45, 2.75) is 22.7 Å². The maximum Gasteiger partial charge on any atom is 0.319 e. The van der Waals surface area contributed by atoms with E-state index >= 15 is 0 Å². The molecule has 2 aromatic carbocycles. The summed E-state index contributed by atoms with van der Waals surface area (Å²) in [4.78, 5) is 17.6. The van der Waals surface area contributed by atoms with Crippen molar-refractivity contribution in [2.75, 3.05) is 12.4 Å². The molecule has 0 atom stereocenters. The fraction of sp³-hybridized carbons (Fsp3) is 0.158. The van der Waals surface area contributed by atoms with Gasteiger partial charge in [-0.3, -0.25) is 0 Å². The van der Waals surface area contributed by atoms with Crippen LogP contribution < -0.4 is 15.4 Å². The van der Waals surface area contributed by atoms with Crippen LogP contribution in [0.25, 0.3) is 0 Å². The number of anilines is 1. The maximum atomic E-state index is 12.1. The summed E-state index contributed by atoms with van der Waals surface area (Å²) in [7, 11) is 1.62. The number of carbonyl (C=O) groups excluding carboxylic acids is 1. The number of aromatic nitrogens is 1. The highest BCUT2D eigenvalue weighted by molar-refractivity contribution is 8.01. The van der Waals surface area contributed by atoms with E-state index in [1.54, 1.807) is 30.2 Å². The van der Waals surface area contributed by atoms with Gasteiger partial charge in [0.05, 0.1) is 7.11 Å². The molecule has 0 saturated heterocycles. The molecule has 3 rings (SSSR count). The first-order valence-corrected chi connectivity index (χ1v) is 9.70. The predicted octanol–water partition coefficient (Wildman–Crippen LogP) is 4.93. The highest BCUT2D eigenvalue weighted by Gasteiger charge is 2.06. The Hall–Kier alpha value is -2.51. The third kappa shape index (κ3) is 5.00. The van der Waals surface area contributed by atoms with Gasteiger partial charge in [-0.15, -0.1) is 11.3 Å². The van der Waals surface area contributed by atoms with Crippen molar-refractivity contribution in [2.24, 2.45) is 0 Å². The molecule has 0 unspecified atom stereocenters. The van der Waals surface area contributed by atoms with Gasteiger partial charge in [-0.05, 0) is 37.3 Å². The Kier molecular flexibility index (Phi) is 6.14. The Morgan fingerprint density at radius 2 is 1.96 bits per heavy atom.